The molecule has 4 nitrogen and oxygen atoms in total. The molecule has 0 radical (unpaired) electrons. The van der Waals surface area contributed by atoms with E-state index in [-0.39, 0.29) is 11.3 Å². The predicted octanol–water partition coefficient (Wildman–Crippen LogP) is 6.14. The van der Waals surface area contributed by atoms with E-state index in [1.54, 1.807) is 6.07 Å². The molecule has 1 aromatic heterocycles. The molecule has 1 fully saturated rings. The summed E-state index contributed by atoms with van der Waals surface area (Å²) < 4.78 is 0. The highest BCUT2D eigenvalue weighted by atomic mass is 32.1. The summed E-state index contributed by atoms with van der Waals surface area (Å²) in [6, 6.07) is 22.1. The predicted molar refractivity (Wildman–Crippen MR) is 129 cm³/mol. The number of para-hydroxylation sites is 1. The molecule has 4 aromatic rings. The van der Waals surface area contributed by atoms with Crippen LogP contribution in [-0.4, -0.2) is 16.8 Å². The van der Waals surface area contributed by atoms with Crippen molar-refractivity contribution in [2.24, 2.45) is 0 Å². The Bertz CT molecular complexity index is 1410. The number of carbonyl (C=O) groups is 2. The van der Waals surface area contributed by atoms with Crippen molar-refractivity contribution in [2.75, 3.05) is 4.90 Å². The number of aliphatic hydroxyl groups excluding tert-OH is 1. The van der Waals surface area contributed by atoms with E-state index in [4.69, 9.17) is 0 Å². The number of ketones is 1. The molecule has 0 saturated carbocycles. The van der Waals surface area contributed by atoms with Crippen LogP contribution in [0.15, 0.2) is 83.7 Å². The molecule has 5 heteroatoms. The fraction of sp³-hybridized carbons (Fsp3) is 0.111. The Morgan fingerprint density at radius 1 is 0.875 bits per heavy atom. The second-order valence-electron chi connectivity index (χ2n) is 7.95. The fourth-order valence-corrected chi connectivity index (χ4v) is 5.43. The lowest BCUT2D eigenvalue weighted by Crippen LogP contribution is -2.30. The standard InChI is InChI=1S/C27H21NO3S/c1-16-8-3-6-13-21(16)28-23(26-17(2)14-15-32-26)22(25(30)27(28)31)24(29)20-12-7-10-18-9-4-5-11-19(18)20/h3-15,23,29H,1-2H3/b24-22+. The number of amides is 1. The fourth-order valence-electron chi connectivity index (χ4n) is 4.40. The van der Waals surface area contributed by atoms with E-state index in [2.05, 4.69) is 0 Å². The molecule has 0 bridgehead atoms. The normalized spacial score (nSPS) is 17.9. The summed E-state index contributed by atoms with van der Waals surface area (Å²) in [5.41, 5.74) is 3.21. The van der Waals surface area contributed by atoms with Crippen LogP contribution in [-0.2, 0) is 9.59 Å². The average molecular weight is 440 g/mol. The largest absolute Gasteiger partial charge is 0.507 e. The lowest BCUT2D eigenvalue weighted by Gasteiger charge is -2.26. The number of carbonyl (C=O) groups excluding carboxylic acids is 2. The first kappa shape index (κ1) is 20.2. The molecule has 1 atom stereocenters. The van der Waals surface area contributed by atoms with Gasteiger partial charge in [0.05, 0.1) is 5.57 Å². The number of fused-ring (bicyclic) bond motifs is 1. The minimum absolute atomic E-state index is 0.125. The highest BCUT2D eigenvalue weighted by Crippen LogP contribution is 2.46. The number of aliphatic hydroxyl groups is 1. The van der Waals surface area contributed by atoms with E-state index in [1.165, 1.54) is 16.2 Å². The van der Waals surface area contributed by atoms with Crippen molar-refractivity contribution in [3.8, 4) is 0 Å². The minimum Gasteiger partial charge on any atom is -0.507 e. The summed E-state index contributed by atoms with van der Waals surface area (Å²) in [7, 11) is 0. The lowest BCUT2D eigenvalue weighted by molar-refractivity contribution is -0.132. The first-order valence-corrected chi connectivity index (χ1v) is 11.3. The third-order valence-electron chi connectivity index (χ3n) is 6.01. The number of thiophene rings is 1. The van der Waals surface area contributed by atoms with Gasteiger partial charge < -0.3 is 5.11 Å². The van der Waals surface area contributed by atoms with Crippen LogP contribution in [0.4, 0.5) is 5.69 Å². The zero-order valence-electron chi connectivity index (χ0n) is 17.7. The van der Waals surface area contributed by atoms with Gasteiger partial charge in [0.2, 0.25) is 0 Å². The Hall–Kier alpha value is -3.70. The minimum atomic E-state index is -0.685. The van der Waals surface area contributed by atoms with Gasteiger partial charge in [0.25, 0.3) is 11.7 Å². The SMILES string of the molecule is Cc1ccccc1N1C(=O)C(=O)/C(=C(/O)c2cccc3ccccc23)C1c1sccc1C. The first-order chi connectivity index (χ1) is 15.5. The maximum atomic E-state index is 13.4. The van der Waals surface area contributed by atoms with Crippen LogP contribution in [0, 0.1) is 13.8 Å². The van der Waals surface area contributed by atoms with Crippen molar-refractivity contribution in [3.05, 3.63) is 105 Å². The van der Waals surface area contributed by atoms with Crippen molar-refractivity contribution in [3.63, 3.8) is 0 Å². The van der Waals surface area contributed by atoms with Crippen molar-refractivity contribution < 1.29 is 14.7 Å². The van der Waals surface area contributed by atoms with Gasteiger partial charge in [-0.25, -0.2) is 0 Å². The zero-order valence-corrected chi connectivity index (χ0v) is 18.5. The second kappa shape index (κ2) is 7.77. The maximum absolute atomic E-state index is 13.4. The van der Waals surface area contributed by atoms with Crippen molar-refractivity contribution in [1.82, 2.24) is 0 Å². The molecule has 5 rings (SSSR count). The Kier molecular flexibility index (Phi) is 4.91. The van der Waals surface area contributed by atoms with Gasteiger partial charge in [-0.1, -0.05) is 60.7 Å². The van der Waals surface area contributed by atoms with Gasteiger partial charge in [0.1, 0.15) is 11.8 Å². The molecule has 1 amide bonds. The van der Waals surface area contributed by atoms with E-state index in [1.807, 2.05) is 86.0 Å². The topological polar surface area (TPSA) is 57.6 Å². The smallest absolute Gasteiger partial charge is 0.300 e. The van der Waals surface area contributed by atoms with Gasteiger partial charge >= 0.3 is 0 Å². The average Bonchev–Trinajstić information content (AvgIpc) is 3.34. The summed E-state index contributed by atoms with van der Waals surface area (Å²) in [5.74, 6) is -1.44. The molecule has 1 aliphatic heterocycles. The molecular weight excluding hydrogens is 418 g/mol. The molecule has 3 aromatic carbocycles. The van der Waals surface area contributed by atoms with Crippen LogP contribution >= 0.6 is 11.3 Å². The molecular formula is C27H21NO3S. The quantitative estimate of drug-likeness (QED) is 0.237. The summed E-state index contributed by atoms with van der Waals surface area (Å²) in [4.78, 5) is 29.1. The van der Waals surface area contributed by atoms with Crippen LogP contribution in [0.1, 0.15) is 27.6 Å². The third kappa shape index (κ3) is 3.05. The molecule has 0 spiro atoms. The number of nitrogens with zero attached hydrogens (tertiary/aromatic N) is 1. The summed E-state index contributed by atoms with van der Waals surface area (Å²) in [5, 5.41) is 15.2. The van der Waals surface area contributed by atoms with Crippen molar-refractivity contribution in [2.45, 2.75) is 19.9 Å². The molecule has 1 saturated heterocycles. The van der Waals surface area contributed by atoms with Gasteiger partial charge in [0.15, 0.2) is 0 Å². The van der Waals surface area contributed by atoms with Crippen LogP contribution in [0.3, 0.4) is 0 Å². The third-order valence-corrected chi connectivity index (χ3v) is 7.09. The summed E-state index contributed by atoms with van der Waals surface area (Å²) in [6.45, 7) is 3.87. The second-order valence-corrected chi connectivity index (χ2v) is 8.90. The van der Waals surface area contributed by atoms with Crippen LogP contribution in [0.5, 0.6) is 0 Å². The van der Waals surface area contributed by atoms with Gasteiger partial charge in [-0.2, -0.15) is 0 Å². The molecule has 32 heavy (non-hydrogen) atoms. The van der Waals surface area contributed by atoms with Crippen molar-refractivity contribution in [1.29, 1.82) is 0 Å². The molecule has 0 aliphatic carbocycles. The Morgan fingerprint density at radius 3 is 2.34 bits per heavy atom. The number of aryl methyl sites for hydroxylation is 2. The molecule has 158 valence electrons. The molecule has 1 N–H and O–H groups in total. The highest BCUT2D eigenvalue weighted by Gasteiger charge is 2.48. The van der Waals surface area contributed by atoms with E-state index < -0.39 is 17.7 Å². The first-order valence-electron chi connectivity index (χ1n) is 10.4. The van der Waals surface area contributed by atoms with E-state index in [0.717, 1.165) is 26.8 Å². The Labute approximate surface area is 190 Å². The zero-order chi connectivity index (χ0) is 22.4. The van der Waals surface area contributed by atoms with E-state index in [9.17, 15) is 14.7 Å². The van der Waals surface area contributed by atoms with E-state index in [0.29, 0.717) is 11.3 Å². The van der Waals surface area contributed by atoms with Crippen LogP contribution < -0.4 is 4.90 Å². The number of benzene rings is 3. The van der Waals surface area contributed by atoms with Crippen molar-refractivity contribution >= 4 is 45.2 Å². The number of rotatable bonds is 3. The van der Waals surface area contributed by atoms with Gasteiger partial charge in [0, 0.05) is 16.1 Å². The molecule has 2 heterocycles. The van der Waals surface area contributed by atoms with Crippen LogP contribution in [0.25, 0.3) is 16.5 Å². The number of hydrogen-bond donors (Lipinski definition) is 1. The highest BCUT2D eigenvalue weighted by molar-refractivity contribution is 7.10. The monoisotopic (exact) mass is 439 g/mol. The summed E-state index contributed by atoms with van der Waals surface area (Å²) >= 11 is 1.48. The van der Waals surface area contributed by atoms with Gasteiger partial charge in [-0.15, -0.1) is 11.3 Å². The van der Waals surface area contributed by atoms with Gasteiger partial charge in [-0.3, -0.25) is 14.5 Å². The van der Waals surface area contributed by atoms with E-state index >= 15 is 0 Å². The molecule has 1 unspecified atom stereocenters. The maximum Gasteiger partial charge on any atom is 0.300 e. The van der Waals surface area contributed by atoms with Crippen LogP contribution in [0.2, 0.25) is 0 Å². The Morgan fingerprint density at radius 2 is 1.59 bits per heavy atom. The number of Topliss-reactive ketones (excluding diaryl/α,β-unsaturated/α-hetero) is 1. The number of anilines is 1. The Balaban J connectivity index is 1.80. The molecule has 1 aliphatic rings. The van der Waals surface area contributed by atoms with Gasteiger partial charge in [-0.05, 0) is 53.3 Å². The number of hydrogen-bond acceptors (Lipinski definition) is 4. The summed E-state index contributed by atoms with van der Waals surface area (Å²) in [6.07, 6.45) is 0. The lowest BCUT2D eigenvalue weighted by atomic mass is 9.95.